The maximum Gasteiger partial charge on any atom is 0.221 e. The molecule has 1 saturated heterocycles. The standard InChI is InChI=1S/C9H16N2O2/c12-8-4-2-1-3-6-10-9(13)5-7-11-8/h1-7H2,(H,10,13)(H,11,12). The Bertz CT molecular complexity index is 172. The zero-order valence-corrected chi connectivity index (χ0v) is 7.77. The van der Waals surface area contributed by atoms with E-state index in [-0.39, 0.29) is 11.8 Å². The second-order valence-electron chi connectivity index (χ2n) is 3.26. The summed E-state index contributed by atoms with van der Waals surface area (Å²) in [4.78, 5) is 22.1. The second-order valence-corrected chi connectivity index (χ2v) is 3.26. The predicted molar refractivity (Wildman–Crippen MR) is 49.1 cm³/mol. The molecule has 13 heavy (non-hydrogen) atoms. The molecule has 1 aliphatic heterocycles. The van der Waals surface area contributed by atoms with E-state index in [9.17, 15) is 9.59 Å². The summed E-state index contributed by atoms with van der Waals surface area (Å²) in [5.74, 6) is 0.0944. The molecule has 1 heterocycles. The first-order chi connectivity index (χ1) is 6.29. The van der Waals surface area contributed by atoms with Crippen LogP contribution in [0.2, 0.25) is 0 Å². The molecule has 0 unspecified atom stereocenters. The highest BCUT2D eigenvalue weighted by molar-refractivity contribution is 5.78. The lowest BCUT2D eigenvalue weighted by atomic mass is 10.2. The van der Waals surface area contributed by atoms with Gasteiger partial charge in [-0.05, 0) is 12.8 Å². The van der Waals surface area contributed by atoms with Crippen molar-refractivity contribution < 1.29 is 9.59 Å². The van der Waals surface area contributed by atoms with Crippen LogP contribution in [-0.4, -0.2) is 24.9 Å². The number of carbonyl (C=O) groups excluding carboxylic acids is 2. The van der Waals surface area contributed by atoms with E-state index in [4.69, 9.17) is 0 Å². The third-order valence-corrected chi connectivity index (χ3v) is 2.08. The third kappa shape index (κ3) is 4.50. The van der Waals surface area contributed by atoms with Crippen molar-refractivity contribution in [3.8, 4) is 0 Å². The van der Waals surface area contributed by atoms with E-state index in [0.29, 0.717) is 19.4 Å². The van der Waals surface area contributed by atoms with Crippen LogP contribution in [0, 0.1) is 0 Å². The van der Waals surface area contributed by atoms with Crippen molar-refractivity contribution in [1.29, 1.82) is 0 Å². The Labute approximate surface area is 78.1 Å². The first-order valence-corrected chi connectivity index (χ1v) is 4.82. The summed E-state index contributed by atoms with van der Waals surface area (Å²) in [5, 5.41) is 5.52. The van der Waals surface area contributed by atoms with Gasteiger partial charge in [-0.1, -0.05) is 6.42 Å². The van der Waals surface area contributed by atoms with Crippen LogP contribution in [0.1, 0.15) is 32.1 Å². The summed E-state index contributed by atoms with van der Waals surface area (Å²) < 4.78 is 0. The molecule has 0 aromatic rings. The van der Waals surface area contributed by atoms with E-state index in [2.05, 4.69) is 10.6 Å². The van der Waals surface area contributed by atoms with Gasteiger partial charge in [-0.3, -0.25) is 9.59 Å². The maximum absolute atomic E-state index is 11.1. The van der Waals surface area contributed by atoms with E-state index >= 15 is 0 Å². The largest absolute Gasteiger partial charge is 0.356 e. The first kappa shape index (κ1) is 10.0. The van der Waals surface area contributed by atoms with E-state index in [1.807, 2.05) is 0 Å². The van der Waals surface area contributed by atoms with Gasteiger partial charge in [0, 0.05) is 25.9 Å². The lowest BCUT2D eigenvalue weighted by Gasteiger charge is -2.03. The summed E-state index contributed by atoms with van der Waals surface area (Å²) in [6.07, 6.45) is 3.88. The summed E-state index contributed by atoms with van der Waals surface area (Å²) in [7, 11) is 0. The molecule has 0 saturated carbocycles. The van der Waals surface area contributed by atoms with Gasteiger partial charge in [-0.25, -0.2) is 0 Å². The van der Waals surface area contributed by atoms with Crippen LogP contribution in [0.3, 0.4) is 0 Å². The number of rotatable bonds is 0. The molecule has 0 atom stereocenters. The van der Waals surface area contributed by atoms with Crippen molar-refractivity contribution in [2.75, 3.05) is 13.1 Å². The third-order valence-electron chi connectivity index (χ3n) is 2.08. The smallest absolute Gasteiger partial charge is 0.221 e. The van der Waals surface area contributed by atoms with Gasteiger partial charge in [0.25, 0.3) is 0 Å². The number of carbonyl (C=O) groups is 2. The molecule has 1 fully saturated rings. The summed E-state index contributed by atoms with van der Waals surface area (Å²) in [6, 6.07) is 0. The molecular weight excluding hydrogens is 168 g/mol. The van der Waals surface area contributed by atoms with E-state index < -0.39 is 0 Å². The highest BCUT2D eigenvalue weighted by Crippen LogP contribution is 1.99. The lowest BCUT2D eigenvalue weighted by Crippen LogP contribution is -2.30. The molecule has 0 radical (unpaired) electrons. The Kier molecular flexibility index (Phi) is 4.29. The fraction of sp³-hybridized carbons (Fsp3) is 0.778. The molecule has 0 aromatic heterocycles. The number of hydrogen-bond donors (Lipinski definition) is 2. The van der Waals surface area contributed by atoms with Gasteiger partial charge in [-0.15, -0.1) is 0 Å². The van der Waals surface area contributed by atoms with Crippen LogP contribution in [-0.2, 0) is 9.59 Å². The molecule has 2 amide bonds. The molecule has 0 aromatic carbocycles. The minimum absolute atomic E-state index is 0.0298. The molecule has 0 aliphatic carbocycles. The van der Waals surface area contributed by atoms with Gasteiger partial charge < -0.3 is 10.6 Å². The zero-order valence-electron chi connectivity index (χ0n) is 7.77. The highest BCUT2D eigenvalue weighted by Gasteiger charge is 2.05. The average Bonchev–Trinajstić information content (AvgIpc) is 2.13. The van der Waals surface area contributed by atoms with Crippen LogP contribution in [0.15, 0.2) is 0 Å². The minimum atomic E-state index is 0.0298. The van der Waals surface area contributed by atoms with Crippen LogP contribution in [0.25, 0.3) is 0 Å². The average molecular weight is 184 g/mol. The summed E-state index contributed by atoms with van der Waals surface area (Å²) in [5.41, 5.74) is 0. The van der Waals surface area contributed by atoms with Crippen LogP contribution in [0.4, 0.5) is 0 Å². The van der Waals surface area contributed by atoms with Crippen molar-refractivity contribution in [2.24, 2.45) is 0 Å². The molecule has 1 rings (SSSR count). The van der Waals surface area contributed by atoms with Crippen LogP contribution >= 0.6 is 0 Å². The van der Waals surface area contributed by atoms with Gasteiger partial charge in [0.05, 0.1) is 0 Å². The maximum atomic E-state index is 11.1. The fourth-order valence-corrected chi connectivity index (χ4v) is 1.31. The quantitative estimate of drug-likeness (QED) is 0.564. The summed E-state index contributed by atoms with van der Waals surface area (Å²) in [6.45, 7) is 1.21. The Balaban J connectivity index is 2.31. The molecular formula is C9H16N2O2. The van der Waals surface area contributed by atoms with Crippen molar-refractivity contribution in [2.45, 2.75) is 32.1 Å². The number of amides is 2. The van der Waals surface area contributed by atoms with E-state index in [0.717, 1.165) is 25.8 Å². The molecule has 4 heteroatoms. The topological polar surface area (TPSA) is 58.2 Å². The Morgan fingerprint density at radius 2 is 1.46 bits per heavy atom. The van der Waals surface area contributed by atoms with Gasteiger partial charge in [-0.2, -0.15) is 0 Å². The second kappa shape index (κ2) is 5.56. The normalized spacial score (nSPS) is 21.2. The lowest BCUT2D eigenvalue weighted by molar-refractivity contribution is -0.122. The van der Waals surface area contributed by atoms with Crippen molar-refractivity contribution >= 4 is 11.8 Å². The Hall–Kier alpha value is -1.06. The van der Waals surface area contributed by atoms with E-state index in [1.54, 1.807) is 0 Å². The minimum Gasteiger partial charge on any atom is -0.356 e. The molecule has 1 aliphatic rings. The Morgan fingerprint density at radius 3 is 2.31 bits per heavy atom. The van der Waals surface area contributed by atoms with Crippen molar-refractivity contribution in [1.82, 2.24) is 10.6 Å². The van der Waals surface area contributed by atoms with Crippen molar-refractivity contribution in [3.63, 3.8) is 0 Å². The molecule has 2 N–H and O–H groups in total. The monoisotopic (exact) mass is 184 g/mol. The van der Waals surface area contributed by atoms with Crippen molar-refractivity contribution in [3.05, 3.63) is 0 Å². The van der Waals surface area contributed by atoms with E-state index in [1.165, 1.54) is 0 Å². The van der Waals surface area contributed by atoms with Gasteiger partial charge in [0.15, 0.2) is 0 Å². The molecule has 0 spiro atoms. The molecule has 0 bridgehead atoms. The fourth-order valence-electron chi connectivity index (χ4n) is 1.31. The van der Waals surface area contributed by atoms with Gasteiger partial charge in [0.2, 0.25) is 11.8 Å². The summed E-state index contributed by atoms with van der Waals surface area (Å²) >= 11 is 0. The number of hydrogen-bond acceptors (Lipinski definition) is 2. The Morgan fingerprint density at radius 1 is 0.769 bits per heavy atom. The zero-order chi connectivity index (χ0) is 9.52. The number of nitrogens with one attached hydrogen (secondary N) is 2. The molecule has 4 nitrogen and oxygen atoms in total. The van der Waals surface area contributed by atoms with Gasteiger partial charge >= 0.3 is 0 Å². The molecule has 74 valence electrons. The first-order valence-electron chi connectivity index (χ1n) is 4.82. The predicted octanol–water partition coefficient (Wildman–Crippen LogP) is 0.183. The highest BCUT2D eigenvalue weighted by atomic mass is 16.2. The SMILES string of the molecule is O=C1CCCCCNC(=O)CCN1. The van der Waals surface area contributed by atoms with Crippen LogP contribution in [0.5, 0.6) is 0 Å². The van der Waals surface area contributed by atoms with Crippen LogP contribution < -0.4 is 10.6 Å². The van der Waals surface area contributed by atoms with Gasteiger partial charge in [0.1, 0.15) is 0 Å².